The van der Waals surface area contributed by atoms with Gasteiger partial charge in [0.1, 0.15) is 0 Å². The molecule has 3 nitrogen and oxygen atoms in total. The van der Waals surface area contributed by atoms with Crippen LogP contribution in [0, 0.1) is 0 Å². The van der Waals surface area contributed by atoms with E-state index in [9.17, 15) is 10.2 Å². The lowest BCUT2D eigenvalue weighted by atomic mass is 9.90. The molecule has 0 aliphatic heterocycles. The highest BCUT2D eigenvalue weighted by atomic mass is 35.5. The number of hydrogen-bond donors (Lipinski definition) is 3. The molecule has 0 amide bonds. The lowest BCUT2D eigenvalue weighted by Gasteiger charge is -2.31. The number of halogens is 1. The summed E-state index contributed by atoms with van der Waals surface area (Å²) in [6.07, 6.45) is 4.02. The molecule has 0 aliphatic carbocycles. The SMILES string of the molecule is CCCCCC(CO)(CO)NCc1ccc2ccc3cccc4ccc1c2c34.Cl. The molecule has 0 bridgehead atoms. The van der Waals surface area contributed by atoms with Crippen LogP contribution in [0.15, 0.2) is 54.6 Å². The van der Waals surface area contributed by atoms with Crippen LogP contribution in [-0.2, 0) is 6.54 Å². The van der Waals surface area contributed by atoms with Gasteiger partial charge in [-0.2, -0.15) is 0 Å². The molecule has 4 heteroatoms. The molecule has 29 heavy (non-hydrogen) atoms. The molecule has 4 aromatic rings. The summed E-state index contributed by atoms with van der Waals surface area (Å²) < 4.78 is 0. The average Bonchev–Trinajstić information content (AvgIpc) is 2.75. The first-order valence-electron chi connectivity index (χ1n) is 10.3. The van der Waals surface area contributed by atoms with Crippen LogP contribution in [0.4, 0.5) is 0 Å². The lowest BCUT2D eigenvalue weighted by Crippen LogP contribution is -2.51. The summed E-state index contributed by atoms with van der Waals surface area (Å²) in [6.45, 7) is 2.68. The van der Waals surface area contributed by atoms with Crippen molar-refractivity contribution in [2.75, 3.05) is 13.2 Å². The van der Waals surface area contributed by atoms with E-state index in [0.717, 1.165) is 25.7 Å². The van der Waals surface area contributed by atoms with Gasteiger partial charge in [-0.05, 0) is 44.3 Å². The molecule has 0 unspecified atom stereocenters. The van der Waals surface area contributed by atoms with E-state index in [0.29, 0.717) is 6.54 Å². The predicted octanol–water partition coefficient (Wildman–Crippen LogP) is 5.40. The Hall–Kier alpha value is -1.91. The highest BCUT2D eigenvalue weighted by Crippen LogP contribution is 2.36. The van der Waals surface area contributed by atoms with Crippen LogP contribution >= 0.6 is 12.4 Å². The van der Waals surface area contributed by atoms with Crippen LogP contribution < -0.4 is 5.32 Å². The van der Waals surface area contributed by atoms with Gasteiger partial charge in [0.05, 0.1) is 18.8 Å². The molecule has 4 rings (SSSR count). The first-order chi connectivity index (χ1) is 13.7. The first kappa shape index (κ1) is 21.8. The number of nitrogens with one attached hydrogen (secondary N) is 1. The van der Waals surface area contributed by atoms with Gasteiger partial charge in [0.15, 0.2) is 0 Å². The minimum absolute atomic E-state index is 0. The summed E-state index contributed by atoms with van der Waals surface area (Å²) >= 11 is 0. The second-order valence-electron chi connectivity index (χ2n) is 7.99. The van der Waals surface area contributed by atoms with Crippen molar-refractivity contribution in [3.63, 3.8) is 0 Å². The smallest absolute Gasteiger partial charge is 0.0650 e. The van der Waals surface area contributed by atoms with Crippen LogP contribution in [0.25, 0.3) is 32.3 Å². The van der Waals surface area contributed by atoms with Crippen molar-refractivity contribution < 1.29 is 10.2 Å². The zero-order valence-corrected chi connectivity index (χ0v) is 17.8. The molecule has 0 atom stereocenters. The Labute approximate surface area is 178 Å². The molecule has 0 fully saturated rings. The summed E-state index contributed by atoms with van der Waals surface area (Å²) in [5, 5.41) is 31.1. The van der Waals surface area contributed by atoms with E-state index in [1.54, 1.807) is 0 Å². The number of unbranched alkanes of at least 4 members (excludes halogenated alkanes) is 2. The van der Waals surface area contributed by atoms with Crippen molar-refractivity contribution >= 4 is 44.7 Å². The van der Waals surface area contributed by atoms with Crippen molar-refractivity contribution in [3.05, 3.63) is 60.2 Å². The monoisotopic (exact) mass is 411 g/mol. The van der Waals surface area contributed by atoms with Crippen LogP contribution in [0.5, 0.6) is 0 Å². The van der Waals surface area contributed by atoms with E-state index in [1.807, 2.05) is 0 Å². The van der Waals surface area contributed by atoms with Crippen molar-refractivity contribution in [2.24, 2.45) is 0 Å². The van der Waals surface area contributed by atoms with E-state index in [-0.39, 0.29) is 25.6 Å². The number of hydrogen-bond acceptors (Lipinski definition) is 3. The fourth-order valence-corrected chi connectivity index (χ4v) is 4.35. The second-order valence-corrected chi connectivity index (χ2v) is 7.99. The molecule has 0 spiro atoms. The molecule has 0 saturated carbocycles. The Bertz CT molecular complexity index is 1060. The largest absolute Gasteiger partial charge is 0.394 e. The molecule has 0 aromatic heterocycles. The third-order valence-electron chi connectivity index (χ3n) is 6.14. The van der Waals surface area contributed by atoms with Crippen LogP contribution in [0.2, 0.25) is 0 Å². The van der Waals surface area contributed by atoms with Crippen molar-refractivity contribution in [2.45, 2.75) is 44.7 Å². The molecular formula is C25H30ClNO2. The second kappa shape index (κ2) is 9.27. The lowest BCUT2D eigenvalue weighted by molar-refractivity contribution is 0.0806. The third kappa shape index (κ3) is 4.06. The predicted molar refractivity (Wildman–Crippen MR) is 125 cm³/mol. The summed E-state index contributed by atoms with van der Waals surface area (Å²) in [7, 11) is 0. The Balaban J connectivity index is 0.00000240. The van der Waals surface area contributed by atoms with Crippen molar-refractivity contribution in [1.29, 1.82) is 0 Å². The minimum atomic E-state index is -0.626. The number of benzene rings is 4. The Kier molecular flexibility index (Phi) is 6.97. The molecule has 0 heterocycles. The molecule has 0 aliphatic rings. The maximum atomic E-state index is 9.97. The topological polar surface area (TPSA) is 52.5 Å². The van der Waals surface area contributed by atoms with Gasteiger partial charge in [0.2, 0.25) is 0 Å². The standard InChI is InChI=1S/C25H29NO2.ClH/c1-2-3-4-14-25(16-27,17-28)26-15-21-11-10-20-9-8-18-6-5-7-19-12-13-22(21)24(20)23(18)19;/h5-13,26-28H,2-4,14-17H2,1H3;1H. The van der Waals surface area contributed by atoms with Gasteiger partial charge in [-0.3, -0.25) is 0 Å². The van der Waals surface area contributed by atoms with Gasteiger partial charge in [0, 0.05) is 6.54 Å². The van der Waals surface area contributed by atoms with Crippen LogP contribution in [-0.4, -0.2) is 29.0 Å². The van der Waals surface area contributed by atoms with E-state index < -0.39 is 5.54 Å². The zero-order valence-electron chi connectivity index (χ0n) is 16.9. The summed E-state index contributed by atoms with van der Waals surface area (Å²) in [4.78, 5) is 0. The molecule has 4 aromatic carbocycles. The zero-order chi connectivity index (χ0) is 19.6. The Morgan fingerprint density at radius 3 is 2.07 bits per heavy atom. The summed E-state index contributed by atoms with van der Waals surface area (Å²) in [5.74, 6) is 0. The minimum Gasteiger partial charge on any atom is -0.394 e. The fourth-order valence-electron chi connectivity index (χ4n) is 4.35. The van der Waals surface area contributed by atoms with Gasteiger partial charge in [-0.15, -0.1) is 12.4 Å². The van der Waals surface area contributed by atoms with Gasteiger partial charge in [-0.1, -0.05) is 80.8 Å². The highest BCUT2D eigenvalue weighted by molar-refractivity contribution is 6.23. The van der Waals surface area contributed by atoms with E-state index >= 15 is 0 Å². The van der Waals surface area contributed by atoms with Gasteiger partial charge in [-0.25, -0.2) is 0 Å². The summed E-state index contributed by atoms with van der Waals surface area (Å²) in [5.41, 5.74) is 0.576. The maximum Gasteiger partial charge on any atom is 0.0650 e. The first-order valence-corrected chi connectivity index (χ1v) is 10.3. The van der Waals surface area contributed by atoms with E-state index in [4.69, 9.17) is 0 Å². The molecule has 154 valence electrons. The Morgan fingerprint density at radius 2 is 1.41 bits per heavy atom. The maximum absolute atomic E-state index is 9.97. The molecule has 0 radical (unpaired) electrons. The molecular weight excluding hydrogens is 382 g/mol. The molecule has 0 saturated heterocycles. The van der Waals surface area contributed by atoms with Crippen LogP contribution in [0.3, 0.4) is 0 Å². The number of rotatable bonds is 9. The quantitative estimate of drug-likeness (QED) is 0.255. The summed E-state index contributed by atoms with van der Waals surface area (Å²) in [6, 6.07) is 19.6. The average molecular weight is 412 g/mol. The normalized spacial score (nSPS) is 12.1. The van der Waals surface area contributed by atoms with Crippen LogP contribution in [0.1, 0.15) is 38.2 Å². The third-order valence-corrected chi connectivity index (χ3v) is 6.14. The van der Waals surface area contributed by atoms with Crippen molar-refractivity contribution in [1.82, 2.24) is 5.32 Å². The van der Waals surface area contributed by atoms with E-state index in [1.165, 1.54) is 37.9 Å². The number of aliphatic hydroxyl groups is 2. The van der Waals surface area contributed by atoms with Gasteiger partial charge < -0.3 is 15.5 Å². The number of aliphatic hydroxyl groups excluding tert-OH is 2. The Morgan fingerprint density at radius 1 is 0.793 bits per heavy atom. The van der Waals surface area contributed by atoms with E-state index in [2.05, 4.69) is 66.8 Å². The fraction of sp³-hybridized carbons (Fsp3) is 0.360. The highest BCUT2D eigenvalue weighted by Gasteiger charge is 2.27. The van der Waals surface area contributed by atoms with Gasteiger partial charge in [0.25, 0.3) is 0 Å². The van der Waals surface area contributed by atoms with Gasteiger partial charge >= 0.3 is 0 Å². The van der Waals surface area contributed by atoms with Crippen molar-refractivity contribution in [3.8, 4) is 0 Å². The molecule has 3 N–H and O–H groups in total.